The molecule has 22 rings (SSSR count). The molecule has 6 bridgehead atoms. The molecule has 131 heavy (non-hydrogen) atoms. The van der Waals surface area contributed by atoms with Crippen molar-refractivity contribution in [2.24, 2.45) is 0 Å². The Balaban J connectivity index is 0.000000123. The molecule has 1 amide bonds. The van der Waals surface area contributed by atoms with E-state index >= 15 is 0 Å². The Morgan fingerprint density at radius 1 is 0.389 bits per heavy atom. The number of H-pyrrole nitrogens is 3. The van der Waals surface area contributed by atoms with Crippen LogP contribution in [0, 0.1) is 35.5 Å². The van der Waals surface area contributed by atoms with E-state index in [1.165, 1.54) is 59.8 Å². The summed E-state index contributed by atoms with van der Waals surface area (Å²) in [5.41, 5.74) is -5.95. The lowest BCUT2D eigenvalue weighted by Gasteiger charge is -2.31. The number of nitrogens with zero attached hydrogens (tertiary/aromatic N) is 3. The first kappa shape index (κ1) is 86.6. The first-order valence-electron chi connectivity index (χ1n) is 41.5. The first-order valence-corrected chi connectivity index (χ1v) is 47.6. The summed E-state index contributed by atoms with van der Waals surface area (Å²) in [5.74, 6) is 17.4. The molecule has 0 spiro atoms. The summed E-state index contributed by atoms with van der Waals surface area (Å²) in [4.78, 5) is 127. The van der Waals surface area contributed by atoms with Gasteiger partial charge in [-0.25, -0.2) is 14.4 Å². The fraction of sp³-hybridized carbons (Fsp3) is 0.260. The summed E-state index contributed by atoms with van der Waals surface area (Å²) < 4.78 is 108. The number of amides is 1. The Kier molecular flexibility index (Phi) is 21.9. The number of benzene rings is 13. The van der Waals surface area contributed by atoms with Crippen LogP contribution in [-0.4, -0.2) is 190 Å². The fourth-order valence-corrected chi connectivity index (χ4v) is 21.6. The SMILES string of the molecule is COC[C@@]12COC([C@H](n3cc(C#CCNC(=O)c4ccc5ccc6cccc7ccc4c5c67)c(=O)[nH]c3=O)O1)[C@H]2OP(C)(=O)O.COC[C@@]12COC([C@H](n3cc(C#Cc4ccc5c6cccc7cccc(c8cccc4c85)c76)c(=O)[nH]c3=O)O1)[C@H]2OP(C)(=O)O.COC[C@@]12COC([C@H](n3cc(C#Cc4ccc5ccc6cccc7ccc4c5c67)c(=O)[nH]c3=O)O1)[C@H]2OP(C)(=O)O. The Morgan fingerprint density at radius 2 is 0.695 bits per heavy atom. The molecule has 6 saturated heterocycles. The summed E-state index contributed by atoms with van der Waals surface area (Å²) in [6.45, 7) is 3.20. The summed E-state index contributed by atoms with van der Waals surface area (Å²) in [6, 6.07) is 59.1. The van der Waals surface area contributed by atoms with Crippen LogP contribution in [0.3, 0.4) is 0 Å². The predicted octanol–water partition coefficient (Wildman–Crippen LogP) is 10.6. The molecule has 0 saturated carbocycles. The summed E-state index contributed by atoms with van der Waals surface area (Å²) in [6.07, 6.45) is -5.02. The monoisotopic (exact) mass is 1820 g/mol. The van der Waals surface area contributed by atoms with Crippen molar-refractivity contribution in [2.75, 3.05) is 87.5 Å². The number of fused-ring (bicyclic) bond motifs is 8. The molecule has 13 aromatic carbocycles. The quantitative estimate of drug-likeness (QED) is 0.0193. The number of aromatic nitrogens is 6. The minimum absolute atomic E-state index is 0.000527. The molecular formula is C96H80N7O25P3. The smallest absolute Gasteiger partial charge is 0.330 e. The molecule has 6 fully saturated rings. The van der Waals surface area contributed by atoms with Crippen LogP contribution in [0.4, 0.5) is 0 Å². The van der Waals surface area contributed by atoms with E-state index in [0.717, 1.165) is 133 Å². The van der Waals surface area contributed by atoms with Crippen LogP contribution in [0.5, 0.6) is 0 Å². The number of rotatable bonds is 17. The van der Waals surface area contributed by atoms with Crippen molar-refractivity contribution in [2.45, 2.75) is 72.1 Å². The summed E-state index contributed by atoms with van der Waals surface area (Å²) in [5, 5.41) is 24.6. The molecule has 16 aromatic rings. The maximum atomic E-state index is 13.2. The van der Waals surface area contributed by atoms with Crippen molar-refractivity contribution in [3.63, 3.8) is 0 Å². The highest BCUT2D eigenvalue weighted by Crippen LogP contribution is 2.56. The molecule has 6 aliphatic rings. The highest BCUT2D eigenvalue weighted by Gasteiger charge is 2.67. The third-order valence-electron chi connectivity index (χ3n) is 24.8. The second-order valence-electron chi connectivity index (χ2n) is 33.5. The number of aromatic amines is 3. The largest absolute Gasteiger partial charge is 0.381 e. The van der Waals surface area contributed by atoms with Crippen LogP contribution >= 0.6 is 22.8 Å². The maximum Gasteiger partial charge on any atom is 0.330 e. The number of carbonyl (C=O) groups excluding carboxylic acids is 1. The predicted molar refractivity (Wildman–Crippen MR) is 488 cm³/mol. The summed E-state index contributed by atoms with van der Waals surface area (Å²) >= 11 is 0. The Morgan fingerprint density at radius 3 is 1.11 bits per heavy atom. The standard InChI is InChI=1S/C34H27N2O8P.C32H28N3O9P.C30H25N2O8P/c1-41-17-34-18-42-29(30(34)44-45(2,39)40)32(43-34)36-16-21(31(37)35-33(36)38)13-12-19-14-15-26-24-10-4-7-20-6-3-9-23(27(20)24)25-11-5-8-22(19)28(25)26;1-41-16-32-17-42-26(27(32)44-45(2,39)40)30(43-32)35-15-21(28(36)34-31(35)38)7-4-14-33-29(37)23-13-11-20-9-8-18-5-3-6-19-10-12-22(23)25(20)24(18)19;1-37-15-30-16-38-25(26(30)40-41(2,35)36)28(39-30)32-14-21(27(33)31-29(32)34)11-7-17-6-8-20-10-9-18-4-3-5-19-12-13-22(17)24(20)23(18)19/h3-11,14-16,29-30,32H,17-18H2,1-2H3,(H,39,40)(H,35,37,38);3,5-6,8-13,15,26-27,30H,14,16-17H2,1-2H3,(H,33,37)(H,39,40)(H,34,36,38);3-6,8-10,12-14,25-26,28H,15-16H2,1-2H3,(H,35,36)(H,31,33,34)/t29?,30-,32-,34+;26?,27-,30-,32+;25?,26-,28-,30+/m111/s1. The number of carbonyl (C=O) groups is 1. The van der Waals surface area contributed by atoms with Crippen LogP contribution in [0.25, 0.3) is 108 Å². The third kappa shape index (κ3) is 15.4. The highest BCUT2D eigenvalue weighted by atomic mass is 31.2. The van der Waals surface area contributed by atoms with E-state index in [9.17, 15) is 61.9 Å². The number of hydrogen-bond acceptors (Lipinski definition) is 22. The number of methoxy groups -OCH3 is 3. The van der Waals surface area contributed by atoms with Gasteiger partial charge in [-0.2, -0.15) is 0 Å². The van der Waals surface area contributed by atoms with Gasteiger partial charge in [0.25, 0.3) is 22.6 Å². The van der Waals surface area contributed by atoms with Gasteiger partial charge in [0.2, 0.25) is 0 Å². The van der Waals surface area contributed by atoms with Gasteiger partial charge >= 0.3 is 39.9 Å². The molecule has 664 valence electrons. The lowest BCUT2D eigenvalue weighted by atomic mass is 9.88. The molecular weight excluding hydrogens is 1740 g/mol. The first-order chi connectivity index (χ1) is 62.9. The van der Waals surface area contributed by atoms with Crippen molar-refractivity contribution in [3.8, 4) is 35.5 Å². The van der Waals surface area contributed by atoms with E-state index in [4.69, 9.17) is 56.2 Å². The van der Waals surface area contributed by atoms with E-state index in [0.29, 0.717) is 5.56 Å². The van der Waals surface area contributed by atoms with E-state index in [1.807, 2.05) is 84.9 Å². The molecule has 0 aliphatic carbocycles. The molecule has 35 heteroatoms. The lowest BCUT2D eigenvalue weighted by molar-refractivity contribution is -0.190. The zero-order valence-corrected chi connectivity index (χ0v) is 73.3. The van der Waals surface area contributed by atoms with Crippen molar-refractivity contribution < 1.29 is 89.4 Å². The fourth-order valence-electron chi connectivity index (χ4n) is 19.4. The molecule has 6 unspecified atom stereocenters. The zero-order valence-electron chi connectivity index (χ0n) is 70.6. The zero-order chi connectivity index (χ0) is 91.1. The van der Waals surface area contributed by atoms with Crippen LogP contribution in [0.2, 0.25) is 0 Å². The van der Waals surface area contributed by atoms with Gasteiger partial charge < -0.3 is 62.6 Å². The average Bonchev–Trinajstić information content (AvgIpc) is 1.71. The van der Waals surface area contributed by atoms with Crippen LogP contribution in [0.15, 0.2) is 223 Å². The second-order valence-corrected chi connectivity index (χ2v) is 38.9. The number of nitrogens with one attached hydrogen (secondary N) is 4. The van der Waals surface area contributed by atoms with Gasteiger partial charge in [-0.15, -0.1) is 0 Å². The van der Waals surface area contributed by atoms with Gasteiger partial charge in [-0.3, -0.25) is 75.1 Å². The van der Waals surface area contributed by atoms with Gasteiger partial charge in [0.05, 0.1) is 46.2 Å². The van der Waals surface area contributed by atoms with E-state index in [2.05, 4.69) is 141 Å². The van der Waals surface area contributed by atoms with Crippen molar-refractivity contribution in [1.82, 2.24) is 34.0 Å². The van der Waals surface area contributed by atoms with Gasteiger partial charge in [0.15, 0.2) is 18.7 Å². The van der Waals surface area contributed by atoms with Gasteiger partial charge in [-0.1, -0.05) is 193 Å². The normalized spacial score (nSPS) is 24.3. The third-order valence-corrected chi connectivity index (χ3v) is 26.6. The topological polar surface area (TPSA) is 416 Å². The molecule has 9 heterocycles. The van der Waals surface area contributed by atoms with E-state index < -0.39 is 129 Å². The highest BCUT2D eigenvalue weighted by molar-refractivity contribution is 7.52. The molecule has 6 aliphatic heterocycles. The molecule has 32 nitrogen and oxygen atoms in total. The summed E-state index contributed by atoms with van der Waals surface area (Å²) in [7, 11) is -7.49. The molecule has 0 radical (unpaired) electrons. The lowest BCUT2D eigenvalue weighted by Crippen LogP contribution is -2.46. The van der Waals surface area contributed by atoms with Crippen LogP contribution in [-0.2, 0) is 69.9 Å². The minimum Gasteiger partial charge on any atom is -0.381 e. The van der Waals surface area contributed by atoms with Crippen molar-refractivity contribution >= 4 is 136 Å². The molecule has 15 atom stereocenters. The Labute approximate surface area is 741 Å². The Bertz CT molecular complexity index is 8100. The minimum atomic E-state index is -3.96. The van der Waals surface area contributed by atoms with E-state index in [1.54, 1.807) is 6.07 Å². The molecule has 3 aromatic heterocycles. The van der Waals surface area contributed by atoms with Gasteiger partial charge in [0.1, 0.15) is 70.1 Å². The maximum absolute atomic E-state index is 13.2. The second kappa shape index (κ2) is 33.1. The Hall–Kier alpha value is -12.5. The molecule has 7 N–H and O–H groups in total. The average molecular weight is 1820 g/mol. The van der Waals surface area contributed by atoms with Crippen LogP contribution in [0.1, 0.15) is 56.9 Å². The number of ether oxygens (including phenoxy) is 9. The van der Waals surface area contributed by atoms with Gasteiger partial charge in [0, 0.05) is 76.6 Å². The number of hydrogen-bond donors (Lipinski definition) is 7. The van der Waals surface area contributed by atoms with Crippen molar-refractivity contribution in [1.29, 1.82) is 0 Å². The van der Waals surface area contributed by atoms with Gasteiger partial charge in [-0.05, 0) is 126 Å². The van der Waals surface area contributed by atoms with Crippen molar-refractivity contribution in [3.05, 3.63) is 290 Å². The van der Waals surface area contributed by atoms with Crippen LogP contribution < -0.4 is 39.1 Å². The van der Waals surface area contributed by atoms with E-state index in [-0.39, 0.29) is 68.8 Å².